The minimum Gasteiger partial charge on any atom is -0.244 e. The second kappa shape index (κ2) is 5.73. The number of nitriles is 1. The maximum atomic E-state index is 12.1. The molecule has 0 bridgehead atoms. The van der Waals surface area contributed by atoms with Crippen LogP contribution in [0.5, 0.6) is 0 Å². The fourth-order valence-corrected chi connectivity index (χ4v) is 2.65. The van der Waals surface area contributed by atoms with Crippen LogP contribution in [-0.4, -0.2) is 23.4 Å². The van der Waals surface area contributed by atoms with E-state index < -0.39 is 10.0 Å². The summed E-state index contributed by atoms with van der Waals surface area (Å²) in [6, 6.07) is 6.16. The zero-order valence-electron chi connectivity index (χ0n) is 10.6. The molecule has 0 spiro atoms. The van der Waals surface area contributed by atoms with Crippen LogP contribution in [0.25, 0.3) is 0 Å². The van der Waals surface area contributed by atoms with Gasteiger partial charge in [-0.2, -0.15) is 5.26 Å². The van der Waals surface area contributed by atoms with Crippen molar-refractivity contribution in [2.24, 2.45) is 0 Å². The summed E-state index contributed by atoms with van der Waals surface area (Å²) in [6.45, 7) is 1.73. The predicted octanol–water partition coefficient (Wildman–Crippen LogP) is 0.530. The summed E-state index contributed by atoms with van der Waals surface area (Å²) in [6.07, 6.45) is 2.92. The highest BCUT2D eigenvalue weighted by atomic mass is 32.2. The average molecular weight is 289 g/mol. The van der Waals surface area contributed by atoms with Crippen molar-refractivity contribution in [1.82, 2.24) is 19.7 Å². The Kier molecular flexibility index (Phi) is 4.02. The van der Waals surface area contributed by atoms with Crippen LogP contribution < -0.4 is 4.72 Å². The van der Waals surface area contributed by atoms with Crippen LogP contribution in [-0.2, 0) is 16.6 Å². The molecule has 102 valence electrons. The number of rotatable bonds is 4. The maximum Gasteiger partial charge on any atom is 0.243 e. The molecule has 2 aromatic rings. The van der Waals surface area contributed by atoms with Crippen molar-refractivity contribution in [1.29, 1.82) is 5.26 Å². The first-order valence-corrected chi connectivity index (χ1v) is 7.14. The molecule has 0 aliphatic rings. The zero-order valence-corrected chi connectivity index (χ0v) is 11.4. The van der Waals surface area contributed by atoms with E-state index in [1.165, 1.54) is 18.3 Å². The summed E-state index contributed by atoms with van der Waals surface area (Å²) in [5.41, 5.74) is 0.405. The van der Waals surface area contributed by atoms with Crippen molar-refractivity contribution < 1.29 is 8.42 Å². The maximum absolute atomic E-state index is 12.1. The number of sulfonamides is 1. The largest absolute Gasteiger partial charge is 0.244 e. The number of nitrogens with one attached hydrogen (secondary N) is 1. The van der Waals surface area contributed by atoms with Gasteiger partial charge < -0.3 is 0 Å². The molecule has 2 aromatic heterocycles. The smallest absolute Gasteiger partial charge is 0.243 e. The van der Waals surface area contributed by atoms with E-state index in [1.807, 2.05) is 0 Å². The first-order valence-electron chi connectivity index (χ1n) is 5.66. The van der Waals surface area contributed by atoms with Crippen molar-refractivity contribution in [3.8, 4) is 6.07 Å². The molecule has 20 heavy (non-hydrogen) atoms. The van der Waals surface area contributed by atoms with Gasteiger partial charge in [0.05, 0.1) is 12.2 Å². The molecule has 0 aliphatic heterocycles. The van der Waals surface area contributed by atoms with Gasteiger partial charge in [0.1, 0.15) is 16.8 Å². The molecule has 0 saturated carbocycles. The quantitative estimate of drug-likeness (QED) is 0.879. The Morgan fingerprint density at radius 3 is 2.80 bits per heavy atom. The van der Waals surface area contributed by atoms with Gasteiger partial charge >= 0.3 is 0 Å². The summed E-state index contributed by atoms with van der Waals surface area (Å²) >= 11 is 0. The summed E-state index contributed by atoms with van der Waals surface area (Å²) < 4.78 is 26.6. The number of hydrogen-bond acceptors (Lipinski definition) is 6. The molecular formula is C12H11N5O2S. The van der Waals surface area contributed by atoms with Crippen LogP contribution in [0.1, 0.15) is 17.2 Å². The van der Waals surface area contributed by atoms with E-state index in [1.54, 1.807) is 25.3 Å². The van der Waals surface area contributed by atoms with E-state index >= 15 is 0 Å². The molecule has 0 aliphatic carbocycles. The summed E-state index contributed by atoms with van der Waals surface area (Å²) in [5.74, 6) is 0.556. The molecule has 0 aromatic carbocycles. The lowest BCUT2D eigenvalue weighted by Gasteiger charge is -2.07. The number of aryl methyl sites for hydroxylation is 1. The first-order chi connectivity index (χ1) is 9.53. The first kappa shape index (κ1) is 14.0. The van der Waals surface area contributed by atoms with E-state index in [4.69, 9.17) is 5.26 Å². The predicted molar refractivity (Wildman–Crippen MR) is 69.7 cm³/mol. The number of aromatic nitrogens is 3. The van der Waals surface area contributed by atoms with Gasteiger partial charge in [-0.1, -0.05) is 0 Å². The summed E-state index contributed by atoms with van der Waals surface area (Å²) in [7, 11) is -3.81. The van der Waals surface area contributed by atoms with Crippen molar-refractivity contribution in [2.45, 2.75) is 18.4 Å². The van der Waals surface area contributed by atoms with Crippen molar-refractivity contribution in [3.05, 3.63) is 47.8 Å². The van der Waals surface area contributed by atoms with E-state index in [9.17, 15) is 8.42 Å². The lowest BCUT2D eigenvalue weighted by atomic mass is 10.4. The van der Waals surface area contributed by atoms with Crippen molar-refractivity contribution >= 4 is 10.0 Å². The van der Waals surface area contributed by atoms with E-state index in [0.29, 0.717) is 11.5 Å². The second-order valence-corrected chi connectivity index (χ2v) is 5.62. The van der Waals surface area contributed by atoms with Gasteiger partial charge in [0.15, 0.2) is 5.69 Å². The lowest BCUT2D eigenvalue weighted by Crippen LogP contribution is -2.25. The summed E-state index contributed by atoms with van der Waals surface area (Å²) in [5, 5.41) is 8.88. The molecule has 0 fully saturated rings. The van der Waals surface area contributed by atoms with Crippen LogP contribution in [0, 0.1) is 18.3 Å². The monoisotopic (exact) mass is 289 g/mol. The van der Waals surface area contributed by atoms with Gasteiger partial charge in [0.25, 0.3) is 0 Å². The molecule has 0 amide bonds. The molecule has 7 nitrogen and oxygen atoms in total. The highest BCUT2D eigenvalue weighted by Crippen LogP contribution is 2.12. The average Bonchev–Trinajstić information content (AvgIpc) is 2.45. The molecule has 0 unspecified atom stereocenters. The van der Waals surface area contributed by atoms with Gasteiger partial charge in [-0.05, 0) is 25.1 Å². The molecular weight excluding hydrogens is 278 g/mol. The fourth-order valence-electron chi connectivity index (χ4n) is 1.54. The minimum atomic E-state index is -3.81. The third-order valence-corrected chi connectivity index (χ3v) is 3.88. The Labute approximate surface area is 116 Å². The van der Waals surface area contributed by atoms with Crippen LogP contribution in [0.15, 0.2) is 35.5 Å². The number of nitrogens with zero attached hydrogens (tertiary/aromatic N) is 4. The van der Waals surface area contributed by atoms with E-state index in [0.717, 1.165) is 0 Å². The SMILES string of the molecule is Cc1nccc(CNS(=O)(=O)c2cccnc2C#N)n1. The normalized spacial score (nSPS) is 11.0. The van der Waals surface area contributed by atoms with Crippen LogP contribution in [0.2, 0.25) is 0 Å². The standard InChI is InChI=1S/C12H11N5O2S/c1-9-14-6-4-10(17-9)8-16-20(18,19)12-3-2-5-15-11(12)7-13/h2-6,16H,8H2,1H3. The van der Waals surface area contributed by atoms with Gasteiger partial charge in [-0.15, -0.1) is 0 Å². The molecule has 0 saturated heterocycles. The highest BCUT2D eigenvalue weighted by molar-refractivity contribution is 7.89. The van der Waals surface area contributed by atoms with Crippen molar-refractivity contribution in [2.75, 3.05) is 0 Å². The molecule has 2 rings (SSSR count). The second-order valence-electron chi connectivity index (χ2n) is 3.88. The van der Waals surface area contributed by atoms with E-state index in [-0.39, 0.29) is 17.1 Å². The van der Waals surface area contributed by atoms with Gasteiger partial charge in [0.2, 0.25) is 10.0 Å². The Bertz CT molecular complexity index is 767. The molecule has 1 N–H and O–H groups in total. The molecule has 0 atom stereocenters. The third-order valence-electron chi connectivity index (χ3n) is 2.44. The van der Waals surface area contributed by atoms with E-state index in [2.05, 4.69) is 19.7 Å². The Morgan fingerprint density at radius 1 is 1.30 bits per heavy atom. The lowest BCUT2D eigenvalue weighted by molar-refractivity contribution is 0.579. The molecule has 0 radical (unpaired) electrons. The Balaban J connectivity index is 2.22. The van der Waals surface area contributed by atoms with Gasteiger partial charge in [-0.3, -0.25) is 0 Å². The molecule has 2 heterocycles. The Morgan fingerprint density at radius 2 is 2.10 bits per heavy atom. The van der Waals surface area contributed by atoms with Crippen LogP contribution in [0.4, 0.5) is 0 Å². The zero-order chi connectivity index (χ0) is 14.6. The Hall–Kier alpha value is -2.37. The number of hydrogen-bond donors (Lipinski definition) is 1. The highest BCUT2D eigenvalue weighted by Gasteiger charge is 2.19. The number of pyridine rings is 1. The van der Waals surface area contributed by atoms with Crippen LogP contribution in [0.3, 0.4) is 0 Å². The third kappa shape index (κ3) is 3.14. The van der Waals surface area contributed by atoms with Gasteiger partial charge in [-0.25, -0.2) is 28.1 Å². The fraction of sp³-hybridized carbons (Fsp3) is 0.167. The minimum absolute atomic E-state index is 0.0193. The van der Waals surface area contributed by atoms with Crippen molar-refractivity contribution in [3.63, 3.8) is 0 Å². The summed E-state index contributed by atoms with van der Waals surface area (Å²) in [4.78, 5) is 11.6. The molecule has 8 heteroatoms. The topological polar surface area (TPSA) is 109 Å². The van der Waals surface area contributed by atoms with Gasteiger partial charge in [0, 0.05) is 12.4 Å². The van der Waals surface area contributed by atoms with Crippen LogP contribution >= 0.6 is 0 Å².